The van der Waals surface area contributed by atoms with Crippen molar-refractivity contribution < 1.29 is 22.7 Å². The summed E-state index contributed by atoms with van der Waals surface area (Å²) >= 11 is 1.39. The number of carbonyl (C=O) groups excluding carboxylic acids is 1. The molecule has 1 fully saturated rings. The molecule has 0 N–H and O–H groups in total. The van der Waals surface area contributed by atoms with E-state index in [2.05, 4.69) is 4.98 Å². The van der Waals surface area contributed by atoms with Crippen molar-refractivity contribution in [2.45, 2.75) is 50.7 Å². The van der Waals surface area contributed by atoms with Crippen molar-refractivity contribution >= 4 is 37.6 Å². The van der Waals surface area contributed by atoms with Crippen LogP contribution in [-0.4, -0.2) is 60.9 Å². The quantitative estimate of drug-likeness (QED) is 0.477. The van der Waals surface area contributed by atoms with Crippen molar-refractivity contribution in [3.63, 3.8) is 0 Å². The Morgan fingerprint density at radius 2 is 1.74 bits per heavy atom. The number of likely N-dealkylation sites (tertiary alicyclic amines) is 1. The third kappa shape index (κ3) is 5.67. The molecule has 4 rings (SSSR count). The molecule has 0 radical (unpaired) electrons. The summed E-state index contributed by atoms with van der Waals surface area (Å²) in [6.45, 7) is 7.07. The highest BCUT2D eigenvalue weighted by molar-refractivity contribution is 7.90. The molecule has 1 aliphatic heterocycles. The number of benzene rings is 1. The van der Waals surface area contributed by atoms with Gasteiger partial charge in [-0.1, -0.05) is 23.5 Å². The number of amides is 1. The molecule has 0 saturated carbocycles. The van der Waals surface area contributed by atoms with Crippen molar-refractivity contribution in [3.05, 3.63) is 36.4 Å². The average molecular weight is 504 g/mol. The van der Waals surface area contributed by atoms with E-state index < -0.39 is 9.84 Å². The van der Waals surface area contributed by atoms with Gasteiger partial charge in [0, 0.05) is 24.9 Å². The Bertz CT molecular complexity index is 1260. The van der Waals surface area contributed by atoms with E-state index in [1.807, 2.05) is 32.9 Å². The molecule has 0 aliphatic carbocycles. The van der Waals surface area contributed by atoms with E-state index >= 15 is 0 Å². The van der Waals surface area contributed by atoms with E-state index in [1.165, 1.54) is 17.6 Å². The van der Waals surface area contributed by atoms with Crippen LogP contribution in [0.25, 0.3) is 21.6 Å². The van der Waals surface area contributed by atoms with E-state index in [0.29, 0.717) is 24.2 Å². The number of sulfone groups is 1. The summed E-state index contributed by atoms with van der Waals surface area (Å²) in [5.41, 5.74) is 2.34. The molecule has 10 heteroatoms. The van der Waals surface area contributed by atoms with Gasteiger partial charge in [0.2, 0.25) is 0 Å². The number of ether oxygens (including phenoxy) is 2. The van der Waals surface area contributed by atoms with E-state index in [-0.39, 0.29) is 23.2 Å². The van der Waals surface area contributed by atoms with Crippen LogP contribution in [-0.2, 0) is 14.6 Å². The minimum atomic E-state index is -3.24. The number of fused-ring (bicyclic) bond motifs is 1. The van der Waals surface area contributed by atoms with Crippen LogP contribution in [0.5, 0.6) is 5.19 Å². The molecule has 34 heavy (non-hydrogen) atoms. The second kappa shape index (κ2) is 9.87. The molecular weight excluding hydrogens is 474 g/mol. The number of hydrogen-bond acceptors (Lipinski definition) is 8. The summed E-state index contributed by atoms with van der Waals surface area (Å²) in [7, 11) is -3.24. The minimum Gasteiger partial charge on any atom is -0.467 e. The number of hydrogen-bond donors (Lipinski definition) is 0. The van der Waals surface area contributed by atoms with Gasteiger partial charge in [0.05, 0.1) is 16.7 Å². The molecule has 0 bridgehead atoms. The summed E-state index contributed by atoms with van der Waals surface area (Å²) in [5, 5.41) is 0.571. The topological polar surface area (TPSA) is 98.7 Å². The highest BCUT2D eigenvalue weighted by Crippen LogP contribution is 2.32. The van der Waals surface area contributed by atoms with Crippen LogP contribution in [0.15, 0.2) is 41.3 Å². The van der Waals surface area contributed by atoms with Gasteiger partial charge in [0.15, 0.2) is 9.84 Å². The molecule has 1 unspecified atom stereocenters. The Kier molecular flexibility index (Phi) is 7.09. The monoisotopic (exact) mass is 503 g/mol. The average Bonchev–Trinajstić information content (AvgIpc) is 3.19. The molecule has 3 heterocycles. The lowest BCUT2D eigenvalue weighted by Crippen LogP contribution is -2.42. The van der Waals surface area contributed by atoms with Gasteiger partial charge in [-0.2, -0.15) is 0 Å². The van der Waals surface area contributed by atoms with Gasteiger partial charge in [-0.25, -0.2) is 23.2 Å². The van der Waals surface area contributed by atoms with Crippen molar-refractivity contribution in [1.29, 1.82) is 0 Å². The number of aromatic nitrogens is 2. The predicted molar refractivity (Wildman–Crippen MR) is 132 cm³/mol. The zero-order valence-corrected chi connectivity index (χ0v) is 21.4. The fourth-order valence-corrected chi connectivity index (χ4v) is 5.47. The number of piperidine rings is 1. The SMILES string of the molecule is CC(C)OC(=O)N1CCC(C(C)Oc2nc3ccc(-c4ccc(S(C)(=O)=O)cc4)nc3s2)CC1. The normalized spacial score (nSPS) is 16.1. The zero-order chi connectivity index (χ0) is 24.5. The first kappa shape index (κ1) is 24.4. The van der Waals surface area contributed by atoms with E-state index in [9.17, 15) is 13.2 Å². The maximum absolute atomic E-state index is 12.1. The van der Waals surface area contributed by atoms with Gasteiger partial charge >= 0.3 is 6.09 Å². The summed E-state index contributed by atoms with van der Waals surface area (Å²) in [6, 6.07) is 10.5. The lowest BCUT2D eigenvalue weighted by Gasteiger charge is -2.34. The Morgan fingerprint density at radius 3 is 2.35 bits per heavy atom. The maximum atomic E-state index is 12.1. The second-order valence-electron chi connectivity index (χ2n) is 8.88. The van der Waals surface area contributed by atoms with Gasteiger partial charge in [0.25, 0.3) is 5.19 Å². The summed E-state index contributed by atoms with van der Waals surface area (Å²) in [5.74, 6) is 0.326. The fourth-order valence-electron chi connectivity index (χ4n) is 3.96. The molecule has 1 amide bonds. The third-order valence-corrected chi connectivity index (χ3v) is 7.88. The van der Waals surface area contributed by atoms with Crippen LogP contribution in [0.2, 0.25) is 0 Å². The first-order valence-electron chi connectivity index (χ1n) is 11.3. The maximum Gasteiger partial charge on any atom is 0.410 e. The van der Waals surface area contributed by atoms with Crippen LogP contribution in [0.4, 0.5) is 4.79 Å². The number of thiazole rings is 1. The first-order valence-corrected chi connectivity index (χ1v) is 14.0. The van der Waals surface area contributed by atoms with Crippen molar-refractivity contribution in [2.24, 2.45) is 5.92 Å². The zero-order valence-electron chi connectivity index (χ0n) is 19.7. The standard InChI is InChI=1S/C24H29N3O5S2/c1-15(2)31-24(28)27-13-11-17(12-14-27)16(3)32-23-26-21-10-9-20(25-22(21)33-23)18-5-7-19(8-6-18)34(4,29)30/h5-10,15-17H,11-14H2,1-4H3. The lowest BCUT2D eigenvalue weighted by molar-refractivity contribution is 0.0495. The smallest absolute Gasteiger partial charge is 0.410 e. The summed E-state index contributed by atoms with van der Waals surface area (Å²) in [6.07, 6.45) is 2.49. The number of nitrogens with zero attached hydrogens (tertiary/aromatic N) is 3. The van der Waals surface area contributed by atoms with Gasteiger partial charge in [-0.3, -0.25) is 0 Å². The molecule has 0 spiro atoms. The molecular formula is C24H29N3O5S2. The Morgan fingerprint density at radius 1 is 1.06 bits per heavy atom. The fraction of sp³-hybridized carbons (Fsp3) is 0.458. The molecule has 2 aromatic heterocycles. The molecule has 8 nitrogen and oxygen atoms in total. The van der Waals surface area contributed by atoms with Crippen LogP contribution in [0, 0.1) is 5.92 Å². The first-order chi connectivity index (χ1) is 16.1. The van der Waals surface area contributed by atoms with Gasteiger partial charge < -0.3 is 14.4 Å². The highest BCUT2D eigenvalue weighted by Gasteiger charge is 2.29. The number of pyridine rings is 1. The Labute approximate surface area is 203 Å². The minimum absolute atomic E-state index is 0.0353. The molecule has 1 aromatic carbocycles. The van der Waals surface area contributed by atoms with E-state index in [0.717, 1.165) is 34.4 Å². The van der Waals surface area contributed by atoms with Crippen LogP contribution >= 0.6 is 11.3 Å². The number of rotatable bonds is 6. The van der Waals surface area contributed by atoms with Gasteiger partial charge in [-0.05, 0) is 63.8 Å². The number of carbonyl (C=O) groups is 1. The molecule has 3 aromatic rings. The Hall–Kier alpha value is -2.72. The van der Waals surface area contributed by atoms with Crippen molar-refractivity contribution in [3.8, 4) is 16.5 Å². The molecule has 182 valence electrons. The third-order valence-electron chi connectivity index (χ3n) is 5.90. The molecule has 1 saturated heterocycles. The van der Waals surface area contributed by atoms with Crippen molar-refractivity contribution in [1.82, 2.24) is 14.9 Å². The lowest BCUT2D eigenvalue weighted by atomic mass is 9.92. The predicted octanol–water partition coefficient (Wildman–Crippen LogP) is 4.79. The largest absolute Gasteiger partial charge is 0.467 e. The Balaban J connectivity index is 1.40. The van der Waals surface area contributed by atoms with E-state index in [1.54, 1.807) is 29.2 Å². The molecule has 1 aliphatic rings. The van der Waals surface area contributed by atoms with Gasteiger partial charge in [0.1, 0.15) is 16.5 Å². The van der Waals surface area contributed by atoms with Crippen LogP contribution in [0.1, 0.15) is 33.6 Å². The van der Waals surface area contributed by atoms with Crippen LogP contribution in [0.3, 0.4) is 0 Å². The summed E-state index contributed by atoms with van der Waals surface area (Å²) < 4.78 is 34.8. The summed E-state index contributed by atoms with van der Waals surface area (Å²) in [4.78, 5) is 24.2. The van der Waals surface area contributed by atoms with Crippen LogP contribution < -0.4 is 4.74 Å². The van der Waals surface area contributed by atoms with E-state index in [4.69, 9.17) is 14.5 Å². The highest BCUT2D eigenvalue weighted by atomic mass is 32.2. The van der Waals surface area contributed by atoms with Gasteiger partial charge in [-0.15, -0.1) is 0 Å². The second-order valence-corrected chi connectivity index (χ2v) is 11.8. The van der Waals surface area contributed by atoms with Crippen molar-refractivity contribution in [2.75, 3.05) is 19.3 Å². The molecule has 1 atom stereocenters.